The van der Waals surface area contributed by atoms with Gasteiger partial charge in [-0.05, 0) is 6.07 Å². The summed E-state index contributed by atoms with van der Waals surface area (Å²) in [7, 11) is 0. The van der Waals surface area contributed by atoms with Crippen molar-refractivity contribution in [1.29, 1.82) is 0 Å². The minimum absolute atomic E-state index is 0.0146. The zero-order valence-electron chi connectivity index (χ0n) is 8.40. The predicted molar refractivity (Wildman–Crippen MR) is 58.2 cm³/mol. The Kier molecular flexibility index (Phi) is 2.70. The molecule has 1 aromatic rings. The van der Waals surface area contributed by atoms with Crippen LogP contribution >= 0.6 is 11.6 Å². The van der Waals surface area contributed by atoms with E-state index in [1.54, 1.807) is 12.1 Å². The van der Waals surface area contributed by atoms with Gasteiger partial charge in [0, 0.05) is 24.6 Å². The van der Waals surface area contributed by atoms with Crippen LogP contribution in [0.5, 0.6) is 11.5 Å². The molecule has 0 N–H and O–H groups in total. The van der Waals surface area contributed by atoms with Crippen molar-refractivity contribution in [3.63, 3.8) is 0 Å². The van der Waals surface area contributed by atoms with Crippen LogP contribution in [0, 0.1) is 10.1 Å². The van der Waals surface area contributed by atoms with Gasteiger partial charge >= 0.3 is 0 Å². The van der Waals surface area contributed by atoms with Gasteiger partial charge in [0.15, 0.2) is 11.5 Å². The molecule has 84 valence electrons. The van der Waals surface area contributed by atoms with E-state index in [1.807, 2.05) is 0 Å². The largest absolute Gasteiger partial charge is 0.454 e. The molecular formula is C10H8ClNO4. The van der Waals surface area contributed by atoms with Gasteiger partial charge in [-0.15, -0.1) is 0 Å². The van der Waals surface area contributed by atoms with Crippen LogP contribution in [0.3, 0.4) is 0 Å². The highest BCUT2D eigenvalue weighted by Crippen LogP contribution is 2.37. The third-order valence-electron chi connectivity index (χ3n) is 2.14. The first-order chi connectivity index (χ1) is 7.58. The van der Waals surface area contributed by atoms with Gasteiger partial charge in [0.25, 0.3) is 0 Å². The Bertz CT molecular complexity index is 484. The fourth-order valence-electron chi connectivity index (χ4n) is 1.32. The molecule has 1 aliphatic heterocycles. The lowest BCUT2D eigenvalue weighted by Gasteiger charge is -2.01. The zero-order chi connectivity index (χ0) is 11.7. The molecule has 0 atom stereocenters. The Hall–Kier alpha value is -1.75. The van der Waals surface area contributed by atoms with Gasteiger partial charge in [-0.3, -0.25) is 10.1 Å². The van der Waals surface area contributed by atoms with Crippen molar-refractivity contribution in [2.45, 2.75) is 6.92 Å². The molecule has 2 rings (SSSR count). The van der Waals surface area contributed by atoms with E-state index in [0.717, 1.165) is 0 Å². The van der Waals surface area contributed by atoms with Crippen LogP contribution in [0.1, 0.15) is 12.5 Å². The second-order valence-electron chi connectivity index (χ2n) is 3.27. The van der Waals surface area contributed by atoms with Crippen molar-refractivity contribution < 1.29 is 14.4 Å². The number of ether oxygens (including phenoxy) is 2. The van der Waals surface area contributed by atoms with Gasteiger partial charge in [0.05, 0.1) is 9.95 Å². The number of benzene rings is 1. The minimum atomic E-state index is -0.471. The molecule has 0 unspecified atom stereocenters. The number of hydrogen-bond donors (Lipinski definition) is 0. The lowest BCUT2D eigenvalue weighted by Crippen LogP contribution is -1.93. The monoisotopic (exact) mass is 241 g/mol. The second-order valence-corrected chi connectivity index (χ2v) is 3.68. The smallest absolute Gasteiger partial charge is 0.243 e. The van der Waals surface area contributed by atoms with E-state index in [2.05, 4.69) is 0 Å². The highest BCUT2D eigenvalue weighted by molar-refractivity contribution is 6.32. The van der Waals surface area contributed by atoms with Crippen molar-refractivity contribution in [1.82, 2.24) is 0 Å². The minimum Gasteiger partial charge on any atom is -0.454 e. The third-order valence-corrected chi connectivity index (χ3v) is 2.47. The molecule has 0 aliphatic carbocycles. The number of nitrogens with zero attached hydrogens (tertiary/aromatic N) is 1. The molecule has 0 amide bonds. The van der Waals surface area contributed by atoms with Crippen molar-refractivity contribution >= 4 is 17.7 Å². The Labute approximate surface area is 96.4 Å². The molecular weight excluding hydrogens is 234 g/mol. The van der Waals surface area contributed by atoms with E-state index in [4.69, 9.17) is 21.1 Å². The highest BCUT2D eigenvalue weighted by Gasteiger charge is 2.16. The standard InChI is InChI=1S/C10H8ClNO4/c1-6(12(13)14)2-7-3-9-10(4-8(7)11)16-5-15-9/h2-4H,5H2,1H3/b6-2+. The molecule has 0 aromatic heterocycles. The average Bonchev–Trinajstić information content (AvgIpc) is 2.65. The first kappa shape index (κ1) is 10.8. The number of hydrogen-bond acceptors (Lipinski definition) is 4. The molecule has 0 saturated carbocycles. The van der Waals surface area contributed by atoms with Gasteiger partial charge < -0.3 is 9.47 Å². The van der Waals surface area contributed by atoms with E-state index < -0.39 is 4.92 Å². The maximum absolute atomic E-state index is 10.5. The molecule has 0 saturated heterocycles. The predicted octanol–water partition coefficient (Wildman–Crippen LogP) is 2.71. The van der Waals surface area contributed by atoms with E-state index >= 15 is 0 Å². The number of allylic oxidation sites excluding steroid dienone is 1. The SMILES string of the molecule is C/C(=C\c1cc2c(cc1Cl)OCO2)[N+](=O)[O-]. The molecule has 0 bridgehead atoms. The van der Waals surface area contributed by atoms with Gasteiger partial charge in [0.2, 0.25) is 12.5 Å². The Morgan fingerprint density at radius 1 is 1.50 bits per heavy atom. The first-order valence-electron chi connectivity index (χ1n) is 4.50. The number of nitro groups is 1. The fraction of sp³-hybridized carbons (Fsp3) is 0.200. The molecule has 16 heavy (non-hydrogen) atoms. The number of rotatable bonds is 2. The third kappa shape index (κ3) is 1.94. The van der Waals surface area contributed by atoms with Crippen molar-refractivity contribution in [2.24, 2.45) is 0 Å². The van der Waals surface area contributed by atoms with Crippen molar-refractivity contribution in [2.75, 3.05) is 6.79 Å². The van der Waals surface area contributed by atoms with Crippen molar-refractivity contribution in [3.05, 3.63) is 38.5 Å². The molecule has 0 spiro atoms. The van der Waals surface area contributed by atoms with Gasteiger partial charge in [0.1, 0.15) is 0 Å². The Morgan fingerprint density at radius 2 is 2.12 bits per heavy atom. The van der Waals surface area contributed by atoms with E-state index in [9.17, 15) is 10.1 Å². The van der Waals surface area contributed by atoms with E-state index in [1.165, 1.54) is 13.0 Å². The van der Waals surface area contributed by atoms with Crippen LogP contribution in [0.2, 0.25) is 5.02 Å². The lowest BCUT2D eigenvalue weighted by molar-refractivity contribution is -0.422. The summed E-state index contributed by atoms with van der Waals surface area (Å²) < 4.78 is 10.3. The first-order valence-corrected chi connectivity index (χ1v) is 4.87. The van der Waals surface area contributed by atoms with Gasteiger partial charge in [-0.1, -0.05) is 11.6 Å². The van der Waals surface area contributed by atoms with E-state index in [-0.39, 0.29) is 12.5 Å². The molecule has 0 radical (unpaired) electrons. The number of fused-ring (bicyclic) bond motifs is 1. The molecule has 0 fully saturated rings. The lowest BCUT2D eigenvalue weighted by atomic mass is 10.1. The fourth-order valence-corrected chi connectivity index (χ4v) is 1.53. The maximum Gasteiger partial charge on any atom is 0.243 e. The summed E-state index contributed by atoms with van der Waals surface area (Å²) in [6, 6.07) is 3.21. The summed E-state index contributed by atoms with van der Waals surface area (Å²) >= 11 is 5.95. The molecule has 5 nitrogen and oxygen atoms in total. The average molecular weight is 242 g/mol. The normalized spacial score (nSPS) is 14.0. The van der Waals surface area contributed by atoms with Crippen LogP contribution in [-0.4, -0.2) is 11.7 Å². The van der Waals surface area contributed by atoms with Crippen LogP contribution in [0.4, 0.5) is 0 Å². The molecule has 6 heteroatoms. The second kappa shape index (κ2) is 4.02. The molecule has 1 aromatic carbocycles. The Morgan fingerprint density at radius 3 is 2.75 bits per heavy atom. The zero-order valence-corrected chi connectivity index (χ0v) is 9.15. The quantitative estimate of drug-likeness (QED) is 0.590. The summed E-state index contributed by atoms with van der Waals surface area (Å²) in [6.45, 7) is 1.55. The summed E-state index contributed by atoms with van der Waals surface area (Å²) in [5, 5.41) is 10.9. The summed E-state index contributed by atoms with van der Waals surface area (Å²) in [5.74, 6) is 1.10. The topological polar surface area (TPSA) is 61.6 Å². The summed E-state index contributed by atoms with van der Waals surface area (Å²) in [4.78, 5) is 10.0. The van der Waals surface area contributed by atoms with Crippen LogP contribution in [0.15, 0.2) is 17.8 Å². The van der Waals surface area contributed by atoms with E-state index in [0.29, 0.717) is 22.1 Å². The van der Waals surface area contributed by atoms with Gasteiger partial charge in [-0.2, -0.15) is 0 Å². The summed E-state index contributed by atoms with van der Waals surface area (Å²) in [5.41, 5.74) is 0.556. The number of halogens is 1. The molecule has 1 heterocycles. The molecule has 1 aliphatic rings. The van der Waals surface area contributed by atoms with Gasteiger partial charge in [-0.25, -0.2) is 0 Å². The van der Waals surface area contributed by atoms with Crippen molar-refractivity contribution in [3.8, 4) is 11.5 Å². The maximum atomic E-state index is 10.5. The van der Waals surface area contributed by atoms with Crippen LogP contribution in [0.25, 0.3) is 6.08 Å². The summed E-state index contributed by atoms with van der Waals surface area (Å²) in [6.07, 6.45) is 1.39. The van der Waals surface area contributed by atoms with Crippen LogP contribution in [-0.2, 0) is 0 Å². The highest BCUT2D eigenvalue weighted by atomic mass is 35.5. The van der Waals surface area contributed by atoms with Crippen LogP contribution < -0.4 is 9.47 Å². The Balaban J connectivity index is 2.43.